The highest BCUT2D eigenvalue weighted by Gasteiger charge is 2.41. The fraction of sp³-hybridized carbons (Fsp3) is 0.615. The van der Waals surface area contributed by atoms with Crippen molar-refractivity contribution >= 4 is 23.0 Å². The Hall–Kier alpha value is -1.23. The Labute approximate surface area is 112 Å². The van der Waals surface area contributed by atoms with Crippen LogP contribution in [0, 0.1) is 17.8 Å². The number of rotatable bonds is 6. The van der Waals surface area contributed by atoms with Gasteiger partial charge in [0, 0.05) is 18.9 Å². The van der Waals surface area contributed by atoms with Crippen LogP contribution in [0.3, 0.4) is 0 Å². The van der Waals surface area contributed by atoms with Crippen LogP contribution >= 0.6 is 12.2 Å². The molecule has 3 N–H and O–H groups in total. The van der Waals surface area contributed by atoms with Crippen LogP contribution in [-0.2, 0) is 0 Å². The number of nitrogens with two attached hydrogens (primary N) is 1. The van der Waals surface area contributed by atoms with Gasteiger partial charge in [-0.3, -0.25) is 0 Å². The van der Waals surface area contributed by atoms with Crippen LogP contribution in [0.2, 0.25) is 0 Å². The van der Waals surface area contributed by atoms with Crippen LogP contribution in [0.25, 0.3) is 0 Å². The molecular formula is C13H18N4S. The molecule has 0 unspecified atom stereocenters. The van der Waals surface area contributed by atoms with Crippen molar-refractivity contribution in [2.45, 2.75) is 25.7 Å². The van der Waals surface area contributed by atoms with Gasteiger partial charge < -0.3 is 11.1 Å². The van der Waals surface area contributed by atoms with Crippen molar-refractivity contribution in [3.8, 4) is 0 Å². The second kappa shape index (κ2) is 4.80. The quantitative estimate of drug-likeness (QED) is 0.767. The molecule has 2 aliphatic rings. The minimum absolute atomic E-state index is 0.306. The van der Waals surface area contributed by atoms with E-state index in [9.17, 15) is 0 Å². The van der Waals surface area contributed by atoms with Gasteiger partial charge in [0.1, 0.15) is 10.7 Å². The van der Waals surface area contributed by atoms with Crippen molar-refractivity contribution in [1.29, 1.82) is 0 Å². The molecule has 0 atom stereocenters. The van der Waals surface area contributed by atoms with Crippen molar-refractivity contribution in [1.82, 2.24) is 9.97 Å². The summed E-state index contributed by atoms with van der Waals surface area (Å²) in [6.45, 7) is 0.976. The van der Waals surface area contributed by atoms with Gasteiger partial charge in [-0.15, -0.1) is 0 Å². The van der Waals surface area contributed by atoms with Crippen LogP contribution in [0.1, 0.15) is 31.4 Å². The van der Waals surface area contributed by atoms with Gasteiger partial charge in [-0.25, -0.2) is 9.97 Å². The van der Waals surface area contributed by atoms with E-state index in [0.29, 0.717) is 10.7 Å². The Morgan fingerprint density at radius 1 is 1.28 bits per heavy atom. The Kier molecular flexibility index (Phi) is 3.16. The summed E-state index contributed by atoms with van der Waals surface area (Å²) in [5.41, 5.74) is 6.26. The summed E-state index contributed by atoms with van der Waals surface area (Å²) >= 11 is 4.99. The average Bonchev–Trinajstić information content (AvgIpc) is 3.24. The number of nitrogens with zero attached hydrogens (tertiary/aromatic N) is 2. The molecule has 96 valence electrons. The summed E-state index contributed by atoms with van der Waals surface area (Å²) in [7, 11) is 0. The molecule has 2 aliphatic carbocycles. The zero-order valence-corrected chi connectivity index (χ0v) is 11.1. The van der Waals surface area contributed by atoms with Crippen molar-refractivity contribution in [2.24, 2.45) is 23.5 Å². The second-order valence-corrected chi connectivity index (χ2v) is 5.78. The van der Waals surface area contributed by atoms with Gasteiger partial charge in [-0.05, 0) is 43.4 Å². The van der Waals surface area contributed by atoms with Gasteiger partial charge >= 0.3 is 0 Å². The summed E-state index contributed by atoms with van der Waals surface area (Å²) < 4.78 is 0. The number of nitrogens with one attached hydrogen (secondary N) is 1. The van der Waals surface area contributed by atoms with Crippen LogP contribution in [0.5, 0.6) is 0 Å². The fourth-order valence-corrected chi connectivity index (χ4v) is 2.78. The van der Waals surface area contributed by atoms with Crippen molar-refractivity contribution in [3.63, 3.8) is 0 Å². The molecule has 0 aliphatic heterocycles. The molecule has 0 amide bonds. The van der Waals surface area contributed by atoms with E-state index in [-0.39, 0.29) is 0 Å². The van der Waals surface area contributed by atoms with Crippen molar-refractivity contribution < 1.29 is 0 Å². The monoisotopic (exact) mass is 262 g/mol. The first-order valence-electron chi connectivity index (χ1n) is 6.60. The lowest BCUT2D eigenvalue weighted by Crippen LogP contribution is -2.22. The first kappa shape index (κ1) is 11.8. The maximum Gasteiger partial charge on any atom is 0.155 e. The van der Waals surface area contributed by atoms with E-state index in [4.69, 9.17) is 18.0 Å². The number of thiocarbonyl (C=S) groups is 1. The van der Waals surface area contributed by atoms with E-state index >= 15 is 0 Å². The molecule has 4 nitrogen and oxygen atoms in total. The second-order valence-electron chi connectivity index (χ2n) is 5.34. The summed E-state index contributed by atoms with van der Waals surface area (Å²) in [5.74, 6) is 3.38. The molecule has 0 bridgehead atoms. The number of hydrogen-bond donors (Lipinski definition) is 2. The summed E-state index contributed by atoms with van der Waals surface area (Å²) in [5, 5.41) is 3.40. The molecule has 1 aromatic rings. The van der Waals surface area contributed by atoms with Crippen LogP contribution in [0.4, 0.5) is 5.82 Å². The first-order chi connectivity index (χ1) is 8.75. The third-order valence-corrected chi connectivity index (χ3v) is 4.09. The third-order valence-electron chi connectivity index (χ3n) is 3.89. The summed E-state index contributed by atoms with van der Waals surface area (Å²) in [6, 6.07) is 0. The van der Waals surface area contributed by atoms with E-state index < -0.39 is 0 Å². The van der Waals surface area contributed by atoms with Crippen LogP contribution in [-0.4, -0.2) is 21.5 Å². The van der Waals surface area contributed by atoms with Crippen molar-refractivity contribution in [3.05, 3.63) is 18.1 Å². The summed E-state index contributed by atoms with van der Waals surface area (Å²) in [4.78, 5) is 8.78. The topological polar surface area (TPSA) is 63.8 Å². The SMILES string of the molecule is NC(=S)c1nccnc1NCC(C1CC1)C1CC1. The van der Waals surface area contributed by atoms with Crippen molar-refractivity contribution in [2.75, 3.05) is 11.9 Å². The predicted molar refractivity (Wildman–Crippen MR) is 75.3 cm³/mol. The van der Waals surface area contributed by atoms with Crippen LogP contribution < -0.4 is 11.1 Å². The third kappa shape index (κ3) is 2.61. The Bertz CT molecular complexity index is 442. The van der Waals surface area contributed by atoms with E-state index in [1.54, 1.807) is 12.4 Å². The predicted octanol–water partition coefficient (Wildman–Crippen LogP) is 1.96. The smallest absolute Gasteiger partial charge is 0.155 e. The summed E-state index contributed by atoms with van der Waals surface area (Å²) in [6.07, 6.45) is 8.88. The first-order valence-corrected chi connectivity index (χ1v) is 7.01. The maximum atomic E-state index is 5.65. The Morgan fingerprint density at radius 2 is 1.89 bits per heavy atom. The van der Waals surface area contributed by atoms with Crippen LogP contribution in [0.15, 0.2) is 12.4 Å². The minimum atomic E-state index is 0.306. The van der Waals surface area contributed by atoms with E-state index in [2.05, 4.69) is 15.3 Å². The molecule has 0 saturated heterocycles. The fourth-order valence-electron chi connectivity index (χ4n) is 2.63. The van der Waals surface area contributed by atoms with E-state index in [1.165, 1.54) is 25.7 Å². The molecule has 5 heteroatoms. The van der Waals surface area contributed by atoms with Gasteiger partial charge in [0.15, 0.2) is 5.82 Å². The zero-order valence-electron chi connectivity index (χ0n) is 10.3. The van der Waals surface area contributed by atoms with E-state index in [0.717, 1.165) is 30.1 Å². The standard InChI is InChI=1S/C13H18N4S/c14-12(18)11-13(16-6-5-15-11)17-7-10(8-1-2-8)9-3-4-9/h5-6,8-10H,1-4,7H2,(H2,14,18)(H,16,17). The van der Waals surface area contributed by atoms with Gasteiger partial charge in [-0.2, -0.15) is 0 Å². The van der Waals surface area contributed by atoms with E-state index in [1.807, 2.05) is 0 Å². The molecular weight excluding hydrogens is 244 g/mol. The Morgan fingerprint density at radius 3 is 2.44 bits per heavy atom. The number of anilines is 1. The molecule has 1 aromatic heterocycles. The highest BCUT2D eigenvalue weighted by Crippen LogP contribution is 2.49. The highest BCUT2D eigenvalue weighted by atomic mass is 32.1. The largest absolute Gasteiger partial charge is 0.388 e. The number of aromatic nitrogens is 2. The van der Waals surface area contributed by atoms with Gasteiger partial charge in [0.2, 0.25) is 0 Å². The molecule has 2 fully saturated rings. The molecule has 0 radical (unpaired) electrons. The lowest BCUT2D eigenvalue weighted by atomic mass is 9.98. The number of hydrogen-bond acceptors (Lipinski definition) is 4. The molecule has 2 saturated carbocycles. The maximum absolute atomic E-state index is 5.65. The average molecular weight is 262 g/mol. The zero-order chi connectivity index (χ0) is 12.5. The molecule has 18 heavy (non-hydrogen) atoms. The normalized spacial score (nSPS) is 18.9. The lowest BCUT2D eigenvalue weighted by molar-refractivity contribution is 0.427. The van der Waals surface area contributed by atoms with Gasteiger partial charge in [0.05, 0.1) is 0 Å². The molecule has 0 aromatic carbocycles. The molecule has 3 rings (SSSR count). The highest BCUT2D eigenvalue weighted by molar-refractivity contribution is 7.80. The minimum Gasteiger partial charge on any atom is -0.388 e. The Balaban J connectivity index is 1.66. The lowest BCUT2D eigenvalue weighted by Gasteiger charge is -2.17. The van der Waals surface area contributed by atoms with Gasteiger partial charge in [-0.1, -0.05) is 12.2 Å². The molecule has 0 spiro atoms. The van der Waals surface area contributed by atoms with Gasteiger partial charge in [0.25, 0.3) is 0 Å². The molecule has 1 heterocycles.